The lowest BCUT2D eigenvalue weighted by Crippen LogP contribution is -2.21. The Morgan fingerprint density at radius 3 is 2.72 bits per heavy atom. The van der Waals surface area contributed by atoms with Gasteiger partial charge in [-0.3, -0.25) is 4.98 Å². The molecular formula is C11H12ClF3N2O. The van der Waals surface area contributed by atoms with Crippen LogP contribution >= 0.6 is 12.4 Å². The van der Waals surface area contributed by atoms with Crippen molar-refractivity contribution in [3.8, 4) is 0 Å². The predicted octanol–water partition coefficient (Wildman–Crippen LogP) is 2.55. The Bertz CT molecular complexity index is 425. The maximum atomic E-state index is 12.5. The van der Waals surface area contributed by atoms with E-state index in [1.54, 1.807) is 4.90 Å². The normalized spacial score (nSPS) is 19.5. The fraction of sp³-hybridized carbons (Fsp3) is 0.455. The van der Waals surface area contributed by atoms with E-state index in [1.165, 1.54) is 6.07 Å². The maximum Gasteiger partial charge on any atom is 0.433 e. The van der Waals surface area contributed by atoms with E-state index in [2.05, 4.69) is 4.98 Å². The molecule has 1 fully saturated rings. The van der Waals surface area contributed by atoms with Gasteiger partial charge in [-0.1, -0.05) is 0 Å². The Kier molecular flexibility index (Phi) is 4.56. The first kappa shape index (κ1) is 14.8. The van der Waals surface area contributed by atoms with Crippen LogP contribution in [0.15, 0.2) is 18.3 Å². The lowest BCUT2D eigenvalue weighted by Gasteiger charge is -2.18. The Morgan fingerprint density at radius 2 is 2.17 bits per heavy atom. The summed E-state index contributed by atoms with van der Waals surface area (Å²) in [6.45, 7) is 1.08. The molecule has 100 valence electrons. The number of aldehydes is 1. The van der Waals surface area contributed by atoms with Gasteiger partial charge in [0.15, 0.2) is 0 Å². The number of alkyl halides is 3. The third-order valence-corrected chi connectivity index (χ3v) is 2.82. The van der Waals surface area contributed by atoms with Crippen LogP contribution in [0.2, 0.25) is 0 Å². The Morgan fingerprint density at radius 1 is 1.44 bits per heavy atom. The molecular weight excluding hydrogens is 269 g/mol. The van der Waals surface area contributed by atoms with Crippen LogP contribution in [-0.4, -0.2) is 24.4 Å². The highest BCUT2D eigenvalue weighted by atomic mass is 35.5. The van der Waals surface area contributed by atoms with Crippen molar-refractivity contribution in [3.63, 3.8) is 0 Å². The van der Waals surface area contributed by atoms with Crippen molar-refractivity contribution in [2.45, 2.75) is 12.6 Å². The van der Waals surface area contributed by atoms with Gasteiger partial charge < -0.3 is 9.69 Å². The smallest absolute Gasteiger partial charge is 0.371 e. The van der Waals surface area contributed by atoms with Crippen molar-refractivity contribution in [3.05, 3.63) is 24.0 Å². The average Bonchev–Trinajstić information content (AvgIpc) is 2.76. The molecule has 0 saturated carbocycles. The molecule has 7 heteroatoms. The minimum Gasteiger partial charge on any atom is -0.371 e. The largest absolute Gasteiger partial charge is 0.433 e. The van der Waals surface area contributed by atoms with Gasteiger partial charge >= 0.3 is 6.18 Å². The molecule has 1 aromatic rings. The molecule has 1 aliphatic heterocycles. The van der Waals surface area contributed by atoms with E-state index in [-0.39, 0.29) is 18.3 Å². The summed E-state index contributed by atoms with van der Waals surface area (Å²) in [6.07, 6.45) is -1.74. The Labute approximate surface area is 108 Å². The van der Waals surface area contributed by atoms with Crippen LogP contribution in [-0.2, 0) is 11.0 Å². The molecule has 1 aliphatic rings. The van der Waals surface area contributed by atoms with Crippen LogP contribution < -0.4 is 4.90 Å². The summed E-state index contributed by atoms with van der Waals surface area (Å²) in [5, 5.41) is 0. The third-order valence-electron chi connectivity index (χ3n) is 2.82. The second-order valence-corrected chi connectivity index (χ2v) is 4.03. The van der Waals surface area contributed by atoms with Gasteiger partial charge in [-0.25, -0.2) is 0 Å². The summed E-state index contributed by atoms with van der Waals surface area (Å²) in [4.78, 5) is 15.7. The number of carbonyl (C=O) groups excluding carboxylic acids is 1. The first-order valence-electron chi connectivity index (χ1n) is 5.24. The van der Waals surface area contributed by atoms with Crippen LogP contribution in [0.25, 0.3) is 0 Å². The van der Waals surface area contributed by atoms with Gasteiger partial charge in [-0.15, -0.1) is 12.4 Å². The number of pyridine rings is 1. The van der Waals surface area contributed by atoms with Gasteiger partial charge in [0.2, 0.25) is 0 Å². The fourth-order valence-electron chi connectivity index (χ4n) is 1.90. The number of halogens is 4. The zero-order valence-corrected chi connectivity index (χ0v) is 10.2. The zero-order valence-electron chi connectivity index (χ0n) is 9.35. The molecule has 0 radical (unpaired) electrons. The van der Waals surface area contributed by atoms with Gasteiger partial charge in [0, 0.05) is 30.9 Å². The van der Waals surface area contributed by atoms with Crippen LogP contribution in [0.4, 0.5) is 18.9 Å². The molecule has 1 atom stereocenters. The number of nitrogens with zero attached hydrogens (tertiary/aromatic N) is 2. The number of hydrogen-bond donors (Lipinski definition) is 0. The van der Waals surface area contributed by atoms with Gasteiger partial charge in [-0.2, -0.15) is 13.2 Å². The quantitative estimate of drug-likeness (QED) is 0.781. The summed E-state index contributed by atoms with van der Waals surface area (Å²) < 4.78 is 37.4. The molecule has 0 spiro atoms. The first-order valence-corrected chi connectivity index (χ1v) is 5.24. The van der Waals surface area contributed by atoms with Crippen molar-refractivity contribution in [1.82, 2.24) is 4.98 Å². The monoisotopic (exact) mass is 280 g/mol. The van der Waals surface area contributed by atoms with Gasteiger partial charge in [0.1, 0.15) is 12.0 Å². The highest BCUT2D eigenvalue weighted by Crippen LogP contribution is 2.31. The van der Waals surface area contributed by atoms with E-state index >= 15 is 0 Å². The van der Waals surface area contributed by atoms with E-state index < -0.39 is 11.9 Å². The maximum absolute atomic E-state index is 12.5. The molecule has 2 heterocycles. The van der Waals surface area contributed by atoms with Gasteiger partial charge in [0.25, 0.3) is 0 Å². The number of aromatic nitrogens is 1. The van der Waals surface area contributed by atoms with Crippen LogP contribution in [0.3, 0.4) is 0 Å². The van der Waals surface area contributed by atoms with Gasteiger partial charge in [0.05, 0.1) is 0 Å². The third kappa shape index (κ3) is 3.13. The molecule has 0 aliphatic carbocycles. The molecule has 0 amide bonds. The molecule has 1 aromatic heterocycles. The molecule has 18 heavy (non-hydrogen) atoms. The second kappa shape index (κ2) is 5.56. The fourth-order valence-corrected chi connectivity index (χ4v) is 1.90. The summed E-state index contributed by atoms with van der Waals surface area (Å²) in [5.41, 5.74) is -0.429. The molecule has 0 N–H and O–H groups in total. The van der Waals surface area contributed by atoms with Crippen molar-refractivity contribution >= 4 is 24.4 Å². The zero-order chi connectivity index (χ0) is 12.5. The SMILES string of the molecule is Cl.O=C[C@@H]1CCN(c2ccnc(C(F)(F)F)c2)C1. The number of rotatable bonds is 2. The Hall–Kier alpha value is -1.30. The molecule has 0 aromatic carbocycles. The van der Waals surface area contributed by atoms with E-state index in [0.29, 0.717) is 25.2 Å². The van der Waals surface area contributed by atoms with Crippen LogP contribution in [0.5, 0.6) is 0 Å². The highest BCUT2D eigenvalue weighted by molar-refractivity contribution is 5.85. The lowest BCUT2D eigenvalue weighted by atomic mass is 10.1. The summed E-state index contributed by atoms with van der Waals surface area (Å²) in [7, 11) is 0. The molecule has 0 unspecified atom stereocenters. The topological polar surface area (TPSA) is 33.2 Å². The molecule has 1 saturated heterocycles. The van der Waals surface area contributed by atoms with E-state index in [9.17, 15) is 18.0 Å². The van der Waals surface area contributed by atoms with E-state index in [1.807, 2.05) is 0 Å². The Balaban J connectivity index is 0.00000162. The molecule has 3 nitrogen and oxygen atoms in total. The second-order valence-electron chi connectivity index (χ2n) is 4.03. The minimum absolute atomic E-state index is 0. The number of anilines is 1. The lowest BCUT2D eigenvalue weighted by molar-refractivity contribution is -0.141. The predicted molar refractivity (Wildman–Crippen MR) is 62.9 cm³/mol. The van der Waals surface area contributed by atoms with Gasteiger partial charge in [-0.05, 0) is 18.6 Å². The first-order chi connectivity index (χ1) is 8.00. The summed E-state index contributed by atoms with van der Waals surface area (Å²) in [5.74, 6) is -0.0856. The summed E-state index contributed by atoms with van der Waals surface area (Å²) >= 11 is 0. The highest BCUT2D eigenvalue weighted by Gasteiger charge is 2.33. The standard InChI is InChI=1S/C11H11F3N2O.ClH/c12-11(13,14)10-5-9(1-3-15-10)16-4-2-8(6-16)7-17;/h1,3,5,7-8H,2,4,6H2;1H/t8-;/m1./s1. The number of carbonyl (C=O) groups is 1. The van der Waals surface area contributed by atoms with Crippen LogP contribution in [0.1, 0.15) is 12.1 Å². The van der Waals surface area contributed by atoms with Crippen LogP contribution in [0, 0.1) is 5.92 Å². The summed E-state index contributed by atoms with van der Waals surface area (Å²) in [6, 6.07) is 2.55. The average molecular weight is 281 g/mol. The van der Waals surface area contributed by atoms with E-state index in [4.69, 9.17) is 0 Å². The molecule has 2 rings (SSSR count). The van der Waals surface area contributed by atoms with Crippen molar-refractivity contribution < 1.29 is 18.0 Å². The van der Waals surface area contributed by atoms with Crippen molar-refractivity contribution in [1.29, 1.82) is 0 Å². The molecule has 0 bridgehead atoms. The minimum atomic E-state index is -4.43. The van der Waals surface area contributed by atoms with Crippen molar-refractivity contribution in [2.75, 3.05) is 18.0 Å². The van der Waals surface area contributed by atoms with E-state index in [0.717, 1.165) is 18.5 Å². The van der Waals surface area contributed by atoms with Crippen molar-refractivity contribution in [2.24, 2.45) is 5.92 Å². The number of hydrogen-bond acceptors (Lipinski definition) is 3.